The van der Waals surface area contributed by atoms with Crippen molar-refractivity contribution in [1.29, 1.82) is 0 Å². The second kappa shape index (κ2) is 9.39. The van der Waals surface area contributed by atoms with Crippen LogP contribution in [0.5, 0.6) is 23.0 Å². The highest BCUT2D eigenvalue weighted by molar-refractivity contribution is 6.05. The molecule has 2 fully saturated rings. The number of aliphatic hydroxyl groups excluding tert-OH is 1. The third-order valence-corrected chi connectivity index (χ3v) is 10.6. The molecule has 1 amide bonds. The molecule has 0 unspecified atom stereocenters. The van der Waals surface area contributed by atoms with Crippen molar-refractivity contribution < 1.29 is 34.3 Å². The van der Waals surface area contributed by atoms with Crippen LogP contribution in [-0.2, 0) is 16.6 Å². The molecular formula is C35H36N2O7. The lowest BCUT2D eigenvalue weighted by Gasteiger charge is -2.62. The topological polar surface area (TPSA) is 121 Å². The fourth-order valence-corrected chi connectivity index (χ4v) is 8.43. The van der Waals surface area contributed by atoms with E-state index in [4.69, 9.17) is 14.2 Å². The summed E-state index contributed by atoms with van der Waals surface area (Å²) in [6.07, 6.45) is 2.60. The summed E-state index contributed by atoms with van der Waals surface area (Å²) < 4.78 is 17.3. The van der Waals surface area contributed by atoms with Crippen LogP contribution in [0.25, 0.3) is 11.1 Å². The first-order chi connectivity index (χ1) is 20.9. The second-order valence-corrected chi connectivity index (χ2v) is 12.9. The summed E-state index contributed by atoms with van der Waals surface area (Å²) in [5.41, 5.74) is 2.00. The average molecular weight is 597 g/mol. The van der Waals surface area contributed by atoms with Crippen molar-refractivity contribution >= 4 is 11.6 Å². The van der Waals surface area contributed by atoms with Crippen molar-refractivity contribution in [3.63, 3.8) is 0 Å². The SMILES string of the molecule is C.O=C(Nc1cccc(-c2ccc3c(c2)OCO3)c1)C1=C(O)[C@@H]2Oc3c(O)ccc4c3[C@@]23CCN(CC2CC2)[C@H](C4)[C@]3(O)C1. The van der Waals surface area contributed by atoms with Crippen LogP contribution in [0.3, 0.4) is 0 Å². The van der Waals surface area contributed by atoms with E-state index in [9.17, 15) is 20.1 Å². The van der Waals surface area contributed by atoms with Crippen molar-refractivity contribution in [2.45, 2.75) is 62.7 Å². The molecular weight excluding hydrogens is 560 g/mol. The molecule has 4 atom stereocenters. The summed E-state index contributed by atoms with van der Waals surface area (Å²) in [7, 11) is 0. The molecule has 0 radical (unpaired) electrons. The molecule has 2 bridgehead atoms. The molecule has 9 nitrogen and oxygen atoms in total. The maximum atomic E-state index is 13.9. The van der Waals surface area contributed by atoms with Gasteiger partial charge in [0.2, 0.25) is 6.79 Å². The standard InChI is InChI=1S/C34H32N2O7.CH4/c37-24-8-6-21-14-27-34(40)15-23(29(38)31-33(34,28(21)30(24)43-31)10-11-36(27)16-18-4-5-18)32(39)35-22-3-1-2-19(12-22)20-7-9-25-26(13-20)42-17-41-25;/h1-3,6-9,12-13,18,27,31,37-38,40H,4-5,10-11,14-17H2,(H,35,39);1H4/t27-,31+,33+,34-;/m1./s1. The molecule has 9 rings (SSSR count). The number of fused-ring (bicyclic) bond motifs is 1. The Hall–Kier alpha value is -4.21. The van der Waals surface area contributed by atoms with E-state index in [1.807, 2.05) is 42.5 Å². The maximum absolute atomic E-state index is 13.9. The van der Waals surface area contributed by atoms with Crippen LogP contribution in [0.15, 0.2) is 65.9 Å². The Morgan fingerprint density at radius 1 is 1.02 bits per heavy atom. The van der Waals surface area contributed by atoms with Crippen LogP contribution >= 0.6 is 0 Å². The van der Waals surface area contributed by atoms with Crippen LogP contribution in [0, 0.1) is 5.92 Å². The molecule has 3 aliphatic carbocycles. The smallest absolute Gasteiger partial charge is 0.255 e. The number of rotatable bonds is 5. The number of ether oxygens (including phenoxy) is 3. The van der Waals surface area contributed by atoms with Gasteiger partial charge in [-0.2, -0.15) is 0 Å². The van der Waals surface area contributed by atoms with Gasteiger partial charge in [0, 0.05) is 30.3 Å². The van der Waals surface area contributed by atoms with Crippen molar-refractivity contribution in [3.8, 4) is 34.1 Å². The number of amides is 1. The first kappa shape index (κ1) is 27.3. The van der Waals surface area contributed by atoms with Gasteiger partial charge in [-0.25, -0.2) is 0 Å². The number of aromatic hydroxyl groups is 1. The highest BCUT2D eigenvalue weighted by Gasteiger charge is 2.73. The van der Waals surface area contributed by atoms with E-state index in [1.54, 1.807) is 12.1 Å². The fourth-order valence-electron chi connectivity index (χ4n) is 8.43. The number of hydrogen-bond acceptors (Lipinski definition) is 8. The van der Waals surface area contributed by atoms with Crippen LogP contribution in [0.2, 0.25) is 0 Å². The number of carbonyl (C=O) groups excluding carboxylic acids is 1. The summed E-state index contributed by atoms with van der Waals surface area (Å²) in [6.45, 7) is 1.87. The molecule has 1 spiro atoms. The number of hydrogen-bond donors (Lipinski definition) is 4. The predicted molar refractivity (Wildman–Crippen MR) is 163 cm³/mol. The van der Waals surface area contributed by atoms with Gasteiger partial charge in [-0.1, -0.05) is 31.7 Å². The summed E-state index contributed by atoms with van der Waals surface area (Å²) >= 11 is 0. The highest BCUT2D eigenvalue weighted by Crippen LogP contribution is 2.66. The van der Waals surface area contributed by atoms with Gasteiger partial charge < -0.3 is 34.8 Å². The Morgan fingerprint density at radius 2 is 1.84 bits per heavy atom. The Bertz CT molecular complexity index is 1750. The number of phenolic OH excluding ortho intramolecular Hbond substituents is 1. The van der Waals surface area contributed by atoms with Gasteiger partial charge in [0.05, 0.1) is 16.6 Å². The van der Waals surface area contributed by atoms with Gasteiger partial charge >= 0.3 is 0 Å². The zero-order chi connectivity index (χ0) is 29.1. The lowest BCUT2D eigenvalue weighted by Crippen LogP contribution is -2.75. The third-order valence-electron chi connectivity index (χ3n) is 10.6. The minimum atomic E-state index is -1.36. The van der Waals surface area contributed by atoms with Crippen molar-refractivity contribution in [2.24, 2.45) is 5.92 Å². The number of nitrogens with zero attached hydrogens (tertiary/aromatic N) is 1. The fraction of sp³-hybridized carbons (Fsp3) is 0.400. The van der Waals surface area contributed by atoms with Crippen LogP contribution in [0.4, 0.5) is 5.69 Å². The first-order valence-electron chi connectivity index (χ1n) is 15.1. The van der Waals surface area contributed by atoms with E-state index >= 15 is 0 Å². The van der Waals surface area contributed by atoms with Gasteiger partial charge in [-0.05, 0) is 85.2 Å². The molecule has 44 heavy (non-hydrogen) atoms. The Kier molecular flexibility index (Phi) is 5.84. The van der Waals surface area contributed by atoms with Gasteiger partial charge in [-0.15, -0.1) is 0 Å². The lowest BCUT2D eigenvalue weighted by atomic mass is 9.49. The Morgan fingerprint density at radius 3 is 2.68 bits per heavy atom. The normalized spacial score (nSPS) is 29.0. The number of likely N-dealkylation sites (tertiary alicyclic amines) is 1. The van der Waals surface area contributed by atoms with Gasteiger partial charge in [0.25, 0.3) is 5.91 Å². The zero-order valence-electron chi connectivity index (χ0n) is 23.5. The number of benzene rings is 3. The van der Waals surface area contributed by atoms with E-state index in [0.717, 1.165) is 35.3 Å². The summed E-state index contributed by atoms with van der Waals surface area (Å²) in [4.78, 5) is 16.3. The molecule has 228 valence electrons. The Labute approximate surface area is 255 Å². The third kappa shape index (κ3) is 3.62. The number of phenols is 1. The van der Waals surface area contributed by atoms with E-state index in [-0.39, 0.29) is 43.8 Å². The predicted octanol–water partition coefficient (Wildman–Crippen LogP) is 5.05. The zero-order valence-corrected chi connectivity index (χ0v) is 23.5. The average Bonchev–Trinajstić information content (AvgIpc) is 3.56. The molecule has 3 heterocycles. The minimum absolute atomic E-state index is 0. The second-order valence-electron chi connectivity index (χ2n) is 12.9. The van der Waals surface area contributed by atoms with Crippen molar-refractivity contribution in [2.75, 3.05) is 25.2 Å². The largest absolute Gasteiger partial charge is 0.508 e. The Balaban J connectivity index is 0.00000289. The minimum Gasteiger partial charge on any atom is -0.508 e. The van der Waals surface area contributed by atoms with E-state index in [0.29, 0.717) is 41.7 Å². The number of nitrogens with one attached hydrogen (secondary N) is 1. The van der Waals surface area contributed by atoms with E-state index in [1.165, 1.54) is 12.8 Å². The lowest BCUT2D eigenvalue weighted by molar-refractivity contribution is -0.172. The summed E-state index contributed by atoms with van der Waals surface area (Å²) in [5, 5.41) is 38.3. The molecule has 1 saturated heterocycles. The molecule has 3 aromatic carbocycles. The molecule has 4 N–H and O–H groups in total. The summed E-state index contributed by atoms with van der Waals surface area (Å²) in [6, 6.07) is 16.5. The molecule has 3 aliphatic heterocycles. The van der Waals surface area contributed by atoms with Crippen LogP contribution in [-0.4, -0.2) is 63.8 Å². The number of aliphatic hydroxyl groups is 2. The summed E-state index contributed by atoms with van der Waals surface area (Å²) in [5.74, 6) is 1.66. The molecule has 0 aromatic heterocycles. The van der Waals surface area contributed by atoms with Crippen LogP contribution < -0.4 is 19.5 Å². The highest BCUT2D eigenvalue weighted by atomic mass is 16.7. The van der Waals surface area contributed by atoms with Crippen molar-refractivity contribution in [1.82, 2.24) is 4.90 Å². The monoisotopic (exact) mass is 596 g/mol. The molecule has 1 saturated carbocycles. The number of anilines is 1. The number of piperidine rings is 1. The van der Waals surface area contributed by atoms with E-state index in [2.05, 4.69) is 10.2 Å². The molecule has 6 aliphatic rings. The first-order valence-corrected chi connectivity index (χ1v) is 15.1. The van der Waals surface area contributed by atoms with Gasteiger partial charge in [-0.3, -0.25) is 9.69 Å². The number of carbonyl (C=O) groups is 1. The van der Waals surface area contributed by atoms with Crippen molar-refractivity contribution in [3.05, 3.63) is 77.1 Å². The van der Waals surface area contributed by atoms with E-state index < -0.39 is 23.0 Å². The maximum Gasteiger partial charge on any atom is 0.255 e. The van der Waals surface area contributed by atoms with Crippen LogP contribution in [0.1, 0.15) is 44.2 Å². The van der Waals surface area contributed by atoms with Gasteiger partial charge in [0.15, 0.2) is 29.1 Å². The van der Waals surface area contributed by atoms with Gasteiger partial charge in [0.1, 0.15) is 5.76 Å². The molecule has 3 aromatic rings. The molecule has 9 heteroatoms. The quantitative estimate of drug-likeness (QED) is 0.323.